The van der Waals surface area contributed by atoms with Gasteiger partial charge in [-0.15, -0.1) is 0 Å². The number of aromatic nitrogens is 2. The van der Waals surface area contributed by atoms with Crippen molar-refractivity contribution >= 4 is 0 Å². The molecule has 1 heterocycles. The fourth-order valence-corrected chi connectivity index (χ4v) is 1.42. The fourth-order valence-electron chi connectivity index (χ4n) is 1.42. The van der Waals surface area contributed by atoms with Gasteiger partial charge in [-0.2, -0.15) is 5.26 Å². The Morgan fingerprint density at radius 3 is 2.75 bits per heavy atom. The standard InChI is InChI=1S/C11H15N3O2/c1-8(2)4-3-5-14-7-9(6-12)10(15)13-11(14)16/h7-8H,3-5H2,1-2H3,(H,13,15,16). The van der Waals surface area contributed by atoms with Crippen LogP contribution in [0.15, 0.2) is 15.8 Å². The van der Waals surface area contributed by atoms with Crippen LogP contribution in [0.3, 0.4) is 0 Å². The van der Waals surface area contributed by atoms with Gasteiger partial charge in [-0.05, 0) is 18.8 Å². The molecular formula is C11H15N3O2. The second kappa shape index (κ2) is 5.31. The minimum Gasteiger partial charge on any atom is -0.299 e. The van der Waals surface area contributed by atoms with Gasteiger partial charge in [0.05, 0.1) is 0 Å². The Labute approximate surface area is 93.4 Å². The highest BCUT2D eigenvalue weighted by Gasteiger charge is 2.03. The zero-order valence-electron chi connectivity index (χ0n) is 9.49. The lowest BCUT2D eigenvalue weighted by Gasteiger charge is -2.06. The number of nitrogens with one attached hydrogen (secondary N) is 1. The lowest BCUT2D eigenvalue weighted by Crippen LogP contribution is -2.31. The number of aromatic amines is 1. The molecule has 0 bridgehead atoms. The van der Waals surface area contributed by atoms with Crippen molar-refractivity contribution in [3.05, 3.63) is 32.6 Å². The van der Waals surface area contributed by atoms with Gasteiger partial charge >= 0.3 is 5.69 Å². The summed E-state index contributed by atoms with van der Waals surface area (Å²) in [4.78, 5) is 24.6. The third-order valence-electron chi connectivity index (χ3n) is 2.31. The number of nitrogens with zero attached hydrogens (tertiary/aromatic N) is 2. The van der Waals surface area contributed by atoms with Crippen LogP contribution in [0.1, 0.15) is 32.3 Å². The van der Waals surface area contributed by atoms with Crippen molar-refractivity contribution in [2.45, 2.75) is 33.2 Å². The van der Waals surface area contributed by atoms with Crippen LogP contribution in [-0.2, 0) is 6.54 Å². The van der Waals surface area contributed by atoms with Crippen molar-refractivity contribution in [3.63, 3.8) is 0 Å². The molecule has 0 amide bonds. The van der Waals surface area contributed by atoms with Crippen LogP contribution in [0.4, 0.5) is 0 Å². The Morgan fingerprint density at radius 2 is 2.19 bits per heavy atom. The summed E-state index contributed by atoms with van der Waals surface area (Å²) in [7, 11) is 0. The molecule has 5 heteroatoms. The number of H-pyrrole nitrogens is 1. The molecule has 0 saturated heterocycles. The predicted molar refractivity (Wildman–Crippen MR) is 60.1 cm³/mol. The first-order chi connectivity index (χ1) is 7.54. The predicted octanol–water partition coefficient (Wildman–Crippen LogP) is 0.844. The number of rotatable bonds is 4. The van der Waals surface area contributed by atoms with Crippen molar-refractivity contribution in [2.24, 2.45) is 5.92 Å². The second-order valence-corrected chi connectivity index (χ2v) is 4.14. The summed E-state index contributed by atoms with van der Waals surface area (Å²) in [5, 5.41) is 8.66. The van der Waals surface area contributed by atoms with Crippen LogP contribution in [0.25, 0.3) is 0 Å². The Hall–Kier alpha value is -1.83. The summed E-state index contributed by atoms with van der Waals surface area (Å²) in [6.45, 7) is 4.75. The van der Waals surface area contributed by atoms with E-state index in [-0.39, 0.29) is 5.56 Å². The largest absolute Gasteiger partial charge is 0.328 e. The molecule has 0 fully saturated rings. The Kier molecular flexibility index (Phi) is 4.06. The molecular weight excluding hydrogens is 206 g/mol. The van der Waals surface area contributed by atoms with E-state index in [1.54, 1.807) is 6.07 Å². The Morgan fingerprint density at radius 1 is 1.50 bits per heavy atom. The number of hydrogen-bond donors (Lipinski definition) is 1. The summed E-state index contributed by atoms with van der Waals surface area (Å²) in [6.07, 6.45) is 3.18. The van der Waals surface area contributed by atoms with Crippen LogP contribution >= 0.6 is 0 Å². The van der Waals surface area contributed by atoms with Crippen LogP contribution in [-0.4, -0.2) is 9.55 Å². The summed E-state index contributed by atoms with van der Waals surface area (Å²) in [5.41, 5.74) is -1.09. The third-order valence-corrected chi connectivity index (χ3v) is 2.31. The first kappa shape index (κ1) is 12.2. The molecule has 0 aromatic carbocycles. The molecule has 1 N–H and O–H groups in total. The average molecular weight is 221 g/mol. The molecule has 0 spiro atoms. The van der Waals surface area contributed by atoms with Crippen LogP contribution in [0, 0.1) is 17.2 Å². The van der Waals surface area contributed by atoms with Gasteiger partial charge < -0.3 is 0 Å². The quantitative estimate of drug-likeness (QED) is 0.818. The van der Waals surface area contributed by atoms with E-state index >= 15 is 0 Å². The maximum atomic E-state index is 11.4. The summed E-state index contributed by atoms with van der Waals surface area (Å²) in [6, 6.07) is 1.76. The summed E-state index contributed by atoms with van der Waals surface area (Å²) in [5.74, 6) is 0.578. The van der Waals surface area contributed by atoms with Gasteiger partial charge in [0.1, 0.15) is 11.6 Å². The SMILES string of the molecule is CC(C)CCCn1cc(C#N)c(=O)[nH]c1=O. The molecule has 0 aliphatic heterocycles. The molecule has 0 aliphatic rings. The van der Waals surface area contributed by atoms with Gasteiger partial charge in [0.2, 0.25) is 0 Å². The highest BCUT2D eigenvalue weighted by Crippen LogP contribution is 2.04. The van der Waals surface area contributed by atoms with Gasteiger partial charge in [0, 0.05) is 12.7 Å². The molecule has 0 unspecified atom stereocenters. The lowest BCUT2D eigenvalue weighted by atomic mass is 10.1. The van der Waals surface area contributed by atoms with E-state index in [1.165, 1.54) is 10.8 Å². The van der Waals surface area contributed by atoms with Crippen molar-refractivity contribution in [1.29, 1.82) is 5.26 Å². The molecule has 1 rings (SSSR count). The molecule has 1 aromatic heterocycles. The van der Waals surface area contributed by atoms with E-state index in [9.17, 15) is 9.59 Å². The molecule has 0 aliphatic carbocycles. The van der Waals surface area contributed by atoms with Crippen LogP contribution in [0.2, 0.25) is 0 Å². The van der Waals surface area contributed by atoms with E-state index < -0.39 is 11.2 Å². The Balaban J connectivity index is 2.85. The first-order valence-corrected chi connectivity index (χ1v) is 5.28. The Bertz CT molecular complexity index is 505. The van der Waals surface area contributed by atoms with E-state index in [4.69, 9.17) is 5.26 Å². The summed E-state index contributed by atoms with van der Waals surface area (Å²) >= 11 is 0. The van der Waals surface area contributed by atoms with E-state index in [1.807, 2.05) is 0 Å². The van der Waals surface area contributed by atoms with Gasteiger partial charge in [-0.25, -0.2) is 4.79 Å². The van der Waals surface area contributed by atoms with Crippen molar-refractivity contribution in [3.8, 4) is 6.07 Å². The van der Waals surface area contributed by atoms with E-state index in [2.05, 4.69) is 18.8 Å². The van der Waals surface area contributed by atoms with Gasteiger partial charge in [-0.3, -0.25) is 14.3 Å². The molecule has 0 radical (unpaired) electrons. The lowest BCUT2D eigenvalue weighted by molar-refractivity contribution is 0.500. The van der Waals surface area contributed by atoms with Crippen LogP contribution in [0.5, 0.6) is 0 Å². The minimum absolute atomic E-state index is 0.0239. The number of aryl methyl sites for hydroxylation is 1. The van der Waals surface area contributed by atoms with Gasteiger partial charge in [0.15, 0.2) is 0 Å². The van der Waals surface area contributed by atoms with E-state index in [0.29, 0.717) is 12.5 Å². The smallest absolute Gasteiger partial charge is 0.299 e. The molecule has 86 valence electrons. The average Bonchev–Trinajstić information content (AvgIpc) is 2.20. The molecule has 0 atom stereocenters. The second-order valence-electron chi connectivity index (χ2n) is 4.14. The third kappa shape index (κ3) is 3.09. The zero-order chi connectivity index (χ0) is 12.1. The molecule has 5 nitrogen and oxygen atoms in total. The maximum Gasteiger partial charge on any atom is 0.328 e. The number of nitriles is 1. The zero-order valence-corrected chi connectivity index (χ0v) is 9.49. The summed E-state index contributed by atoms with van der Waals surface area (Å²) < 4.78 is 1.38. The molecule has 1 aromatic rings. The van der Waals surface area contributed by atoms with Crippen molar-refractivity contribution in [1.82, 2.24) is 9.55 Å². The van der Waals surface area contributed by atoms with Crippen LogP contribution < -0.4 is 11.2 Å². The molecule has 16 heavy (non-hydrogen) atoms. The van der Waals surface area contributed by atoms with E-state index in [0.717, 1.165) is 12.8 Å². The topological polar surface area (TPSA) is 78.7 Å². The molecule has 0 saturated carbocycles. The first-order valence-electron chi connectivity index (χ1n) is 5.28. The van der Waals surface area contributed by atoms with Crippen molar-refractivity contribution in [2.75, 3.05) is 0 Å². The van der Waals surface area contributed by atoms with Crippen molar-refractivity contribution < 1.29 is 0 Å². The van der Waals surface area contributed by atoms with Gasteiger partial charge in [0.25, 0.3) is 5.56 Å². The monoisotopic (exact) mass is 221 g/mol. The fraction of sp³-hybridized carbons (Fsp3) is 0.545. The highest BCUT2D eigenvalue weighted by atomic mass is 16.2. The minimum atomic E-state index is -0.618. The number of hydrogen-bond acceptors (Lipinski definition) is 3. The normalized spacial score (nSPS) is 10.4. The highest BCUT2D eigenvalue weighted by molar-refractivity contribution is 5.21. The maximum absolute atomic E-state index is 11.4. The van der Waals surface area contributed by atoms with Gasteiger partial charge in [-0.1, -0.05) is 13.8 Å².